The highest BCUT2D eigenvalue weighted by atomic mass is 16.4. The van der Waals surface area contributed by atoms with E-state index >= 15 is 0 Å². The maximum absolute atomic E-state index is 14.5. The molecule has 0 fully saturated rings. The highest BCUT2D eigenvalue weighted by molar-refractivity contribution is 5.98. The molecule has 0 saturated heterocycles. The van der Waals surface area contributed by atoms with Crippen LogP contribution in [0.2, 0.25) is 0 Å². The predicted molar refractivity (Wildman–Crippen MR) is 334 cm³/mol. The van der Waals surface area contributed by atoms with Gasteiger partial charge in [-0.3, -0.25) is 74.4 Å². The molecule has 516 valence electrons. The molecular formula is C54H101N23O14. The van der Waals surface area contributed by atoms with Gasteiger partial charge in [0.05, 0.1) is 12.6 Å². The first-order chi connectivity index (χ1) is 42.6. The van der Waals surface area contributed by atoms with Crippen LogP contribution in [0.15, 0.2) is 0 Å². The Kier molecular flexibility index (Phi) is 39.7. The highest BCUT2D eigenvalue weighted by Crippen LogP contribution is 2.14. The monoisotopic (exact) mass is 1300 g/mol. The number of primary amides is 1. The van der Waals surface area contributed by atoms with Crippen molar-refractivity contribution in [2.45, 2.75) is 192 Å². The Hall–Kier alpha value is -9.32. The molecule has 0 aromatic carbocycles. The number of carbonyl (C=O) groups is 12. The number of nitrogens with one attached hydrogen (secondary N) is 17. The molecule has 31 N–H and O–H groups in total. The Balaban J connectivity index is 6.92. The van der Waals surface area contributed by atoms with E-state index < -0.39 is 169 Å². The largest absolute Gasteiger partial charge is 0.481 e. The molecule has 0 aromatic heterocycles. The van der Waals surface area contributed by atoms with E-state index in [1.807, 2.05) is 6.92 Å². The average Bonchev–Trinajstić information content (AvgIpc) is 2.25. The number of guanidine groups is 4. The molecule has 0 heterocycles. The molecule has 91 heavy (non-hydrogen) atoms. The van der Waals surface area contributed by atoms with Gasteiger partial charge in [-0.05, 0) is 88.4 Å². The molecule has 0 saturated carbocycles. The number of amides is 10. The van der Waals surface area contributed by atoms with E-state index in [4.69, 9.17) is 56.0 Å². The van der Waals surface area contributed by atoms with E-state index in [1.165, 1.54) is 0 Å². The predicted octanol–water partition coefficient (Wildman–Crippen LogP) is -6.29. The summed E-state index contributed by atoms with van der Waals surface area (Å²) in [5, 5.41) is 81.9. The van der Waals surface area contributed by atoms with Crippen LogP contribution in [0.3, 0.4) is 0 Å². The third-order valence-electron chi connectivity index (χ3n) is 14.2. The molecule has 0 aliphatic carbocycles. The minimum atomic E-state index is -1.62. The molecule has 37 heteroatoms. The summed E-state index contributed by atoms with van der Waals surface area (Å²) in [5.41, 5.74) is 33.2. The second-order valence-corrected chi connectivity index (χ2v) is 22.3. The summed E-state index contributed by atoms with van der Waals surface area (Å²) in [7, 11) is 0. The number of nitrogens with two attached hydrogens (primary N) is 6. The van der Waals surface area contributed by atoms with E-state index in [9.17, 15) is 67.7 Å². The first-order valence-electron chi connectivity index (χ1n) is 30.1. The lowest BCUT2D eigenvalue weighted by atomic mass is 9.96. The van der Waals surface area contributed by atoms with Crippen LogP contribution < -0.4 is 104 Å². The Labute approximate surface area is 529 Å². The zero-order chi connectivity index (χ0) is 69.5. The lowest BCUT2D eigenvalue weighted by molar-refractivity contribution is -0.143. The van der Waals surface area contributed by atoms with Gasteiger partial charge in [-0.2, -0.15) is 0 Å². The van der Waals surface area contributed by atoms with Crippen molar-refractivity contribution in [3.63, 3.8) is 0 Å². The van der Waals surface area contributed by atoms with Crippen molar-refractivity contribution in [2.75, 3.05) is 32.7 Å². The summed E-state index contributed by atoms with van der Waals surface area (Å²) in [6, 6.07) is -12.7. The van der Waals surface area contributed by atoms with Crippen LogP contribution in [-0.2, 0) is 57.5 Å². The molecule has 0 spiro atoms. The molecular weight excluding hydrogens is 1190 g/mol. The molecule has 37 nitrogen and oxygen atoms in total. The summed E-state index contributed by atoms with van der Waals surface area (Å²) in [6.07, 6.45) is -1.18. The topological polar surface area (TPSA) is 653 Å². The van der Waals surface area contributed by atoms with Gasteiger partial charge in [0.1, 0.15) is 48.3 Å². The van der Waals surface area contributed by atoms with E-state index in [1.54, 1.807) is 34.6 Å². The van der Waals surface area contributed by atoms with Crippen LogP contribution in [0.1, 0.15) is 138 Å². The number of aliphatic carboxylic acids is 2. The van der Waals surface area contributed by atoms with E-state index in [0.717, 1.165) is 0 Å². The van der Waals surface area contributed by atoms with Crippen molar-refractivity contribution in [3.8, 4) is 0 Å². The number of hydrogen-bond acceptors (Lipinski definition) is 17. The highest BCUT2D eigenvalue weighted by Gasteiger charge is 2.36. The lowest BCUT2D eigenvalue weighted by Crippen LogP contribution is -2.61. The first-order valence-corrected chi connectivity index (χ1v) is 30.1. The summed E-state index contributed by atoms with van der Waals surface area (Å²) in [4.78, 5) is 161. The number of hydrogen-bond donors (Lipinski definition) is 25. The Bertz CT molecular complexity index is 2490. The molecule has 10 amide bonds. The van der Waals surface area contributed by atoms with Crippen molar-refractivity contribution >= 4 is 94.8 Å². The van der Waals surface area contributed by atoms with Gasteiger partial charge in [-0.25, -0.2) is 4.79 Å². The molecule has 0 bridgehead atoms. The van der Waals surface area contributed by atoms with Crippen LogP contribution in [0, 0.1) is 39.4 Å². The smallest absolute Gasteiger partial charge is 0.326 e. The van der Waals surface area contributed by atoms with Gasteiger partial charge >= 0.3 is 11.9 Å². The molecule has 0 aliphatic rings. The van der Waals surface area contributed by atoms with E-state index in [-0.39, 0.29) is 120 Å². The van der Waals surface area contributed by atoms with Crippen molar-refractivity contribution in [1.29, 1.82) is 21.6 Å². The SMILES string of the molecule is CC[C@H](C)[C@H](N)C(=O)N[C@@H](CCCNC(=N)N)C(=O)N[C@@H](CCCNC(=N)N)C(=O)N[C@H](C(=O)N[C@@H](CCCNC(=N)N)C(=O)N[C@@H](CCC(N)=O)C(=O)NCC(=O)N[C@@H](CC(C)C)C(=O)N[C@@H](CCC(=O)O)C(=O)N[C@@H](CCCNC(=N)N)C(=O)O)[C@@H](C)CC. The van der Waals surface area contributed by atoms with E-state index in [0.29, 0.717) is 6.42 Å². The number of rotatable bonds is 47. The van der Waals surface area contributed by atoms with Gasteiger partial charge in [0.25, 0.3) is 0 Å². The number of carbonyl (C=O) groups excluding carboxylic acids is 10. The fourth-order valence-corrected chi connectivity index (χ4v) is 8.60. The third-order valence-corrected chi connectivity index (χ3v) is 14.2. The summed E-state index contributed by atoms with van der Waals surface area (Å²) in [6.45, 7) is 9.79. The maximum Gasteiger partial charge on any atom is 0.326 e. The van der Waals surface area contributed by atoms with Crippen molar-refractivity contribution in [3.05, 3.63) is 0 Å². The molecule has 11 atom stereocenters. The average molecular weight is 1300 g/mol. The Morgan fingerprint density at radius 3 is 1.11 bits per heavy atom. The second kappa shape index (κ2) is 44.2. The minimum Gasteiger partial charge on any atom is -0.481 e. The molecule has 0 aliphatic heterocycles. The van der Waals surface area contributed by atoms with Crippen LogP contribution in [0.5, 0.6) is 0 Å². The quantitative estimate of drug-likeness (QED) is 0.0153. The molecule has 0 aromatic rings. The van der Waals surface area contributed by atoms with Gasteiger partial charge in [0.15, 0.2) is 23.8 Å². The third kappa shape index (κ3) is 36.1. The van der Waals surface area contributed by atoms with Gasteiger partial charge < -0.3 is 114 Å². The number of carboxylic acids is 2. The Morgan fingerprint density at radius 1 is 0.396 bits per heavy atom. The standard InChI is InChI=1S/C54H101N23O14/c1-7-28(5)40(56)48(88)74-30(13-9-21-65-51(57)58)43(83)71-32(15-11-23-67-53(61)62)46(86)77-41(29(6)8-2)49(89)75-31(14-10-22-66-52(59)60)44(84)72-33(17-19-37(55)78)42(82)69-26-38(79)70-36(25-27(3)4)47(87)73-34(18-20-39(80)81)45(85)76-35(50(90)91)16-12-24-68-54(63)64/h27-36,40-41H,7-26,56H2,1-6H3,(H2,55,78)(H,69,82)(H,70,79)(H,71,83)(H,72,84)(H,73,87)(H,74,88)(H,75,89)(H,76,85)(H,77,86)(H,80,81)(H,90,91)(H4,57,58,65)(H4,59,60,66)(H4,61,62,67)(H4,63,64,68)/t28-,29-,30-,31-,32-,33-,34-,35-,36-,40-,41-/m0/s1. The zero-order valence-electron chi connectivity index (χ0n) is 52.8. The molecule has 0 unspecified atom stereocenters. The van der Waals surface area contributed by atoms with Gasteiger partial charge in [-0.1, -0.05) is 54.4 Å². The minimum absolute atomic E-state index is 0.00531. The Morgan fingerprint density at radius 2 is 0.736 bits per heavy atom. The second-order valence-electron chi connectivity index (χ2n) is 22.3. The van der Waals surface area contributed by atoms with E-state index in [2.05, 4.69) is 69.1 Å². The summed E-state index contributed by atoms with van der Waals surface area (Å²) in [5.74, 6) is -14.7. The first kappa shape index (κ1) is 81.7. The van der Waals surface area contributed by atoms with Crippen molar-refractivity contribution in [2.24, 2.45) is 52.2 Å². The fraction of sp³-hybridized carbons (Fsp3) is 0.704. The molecule has 0 radical (unpaired) electrons. The van der Waals surface area contributed by atoms with Crippen LogP contribution in [0.4, 0.5) is 0 Å². The normalized spacial score (nSPS) is 14.5. The van der Waals surface area contributed by atoms with Gasteiger partial charge in [-0.15, -0.1) is 0 Å². The van der Waals surface area contributed by atoms with Gasteiger partial charge in [0.2, 0.25) is 59.1 Å². The summed E-state index contributed by atoms with van der Waals surface area (Å²) >= 11 is 0. The maximum atomic E-state index is 14.5. The number of carboxylic acid groups (broad SMARTS) is 2. The van der Waals surface area contributed by atoms with Gasteiger partial charge in [0, 0.05) is 39.0 Å². The van der Waals surface area contributed by atoms with Crippen LogP contribution in [-0.4, -0.2) is 192 Å². The summed E-state index contributed by atoms with van der Waals surface area (Å²) < 4.78 is 0. The molecule has 0 rings (SSSR count). The fourth-order valence-electron chi connectivity index (χ4n) is 8.60. The van der Waals surface area contributed by atoms with Crippen molar-refractivity contribution in [1.82, 2.24) is 69.1 Å². The van der Waals surface area contributed by atoms with Crippen molar-refractivity contribution < 1.29 is 67.7 Å². The zero-order valence-corrected chi connectivity index (χ0v) is 52.8. The van der Waals surface area contributed by atoms with Crippen LogP contribution in [0.25, 0.3) is 0 Å². The van der Waals surface area contributed by atoms with Crippen LogP contribution >= 0.6 is 0 Å². The lowest BCUT2D eigenvalue weighted by Gasteiger charge is -2.30.